The molecule has 1 aromatic rings. The third kappa shape index (κ3) is 4.95. The average Bonchev–Trinajstić information content (AvgIpc) is 2.43. The van der Waals surface area contributed by atoms with Crippen molar-refractivity contribution in [3.8, 4) is 0 Å². The Kier molecular flexibility index (Phi) is 7.68. The lowest BCUT2D eigenvalue weighted by Crippen LogP contribution is -2.37. The van der Waals surface area contributed by atoms with Crippen LogP contribution in [0, 0.1) is 0 Å². The van der Waals surface area contributed by atoms with Crippen LogP contribution in [0.15, 0.2) is 27.6 Å². The van der Waals surface area contributed by atoms with Crippen molar-refractivity contribution in [3.05, 3.63) is 28.2 Å². The van der Waals surface area contributed by atoms with Crippen molar-refractivity contribution in [1.82, 2.24) is 4.31 Å². The molecule has 0 saturated heterocycles. The maximum absolute atomic E-state index is 12.9. The van der Waals surface area contributed by atoms with E-state index in [2.05, 4.69) is 22.9 Å². The second kappa shape index (κ2) is 8.51. The minimum absolute atomic E-state index is 0.0709. The van der Waals surface area contributed by atoms with E-state index in [0.717, 1.165) is 24.8 Å². The molecular weight excluding hydrogens is 374 g/mol. The molecule has 0 saturated carbocycles. The number of hydrogen-bond donors (Lipinski definition) is 0. The van der Waals surface area contributed by atoms with Crippen molar-refractivity contribution in [1.29, 1.82) is 0 Å². The van der Waals surface area contributed by atoms with E-state index < -0.39 is 10.0 Å². The van der Waals surface area contributed by atoms with Gasteiger partial charge in [0.1, 0.15) is 0 Å². The normalized spacial score (nSPS) is 12.3. The fourth-order valence-electron chi connectivity index (χ4n) is 2.13. The summed E-state index contributed by atoms with van der Waals surface area (Å²) in [6.45, 7) is 6.46. The van der Waals surface area contributed by atoms with Gasteiger partial charge in [0, 0.05) is 22.9 Å². The van der Waals surface area contributed by atoms with E-state index in [4.69, 9.17) is 11.6 Å². The SMILES string of the molecule is CCCCCN(C(C)C)S(=O)(=O)c1cc(CCl)ccc1Br. The van der Waals surface area contributed by atoms with Crippen molar-refractivity contribution in [2.45, 2.75) is 56.9 Å². The summed E-state index contributed by atoms with van der Waals surface area (Å²) in [4.78, 5) is 0.297. The second-order valence-electron chi connectivity index (χ2n) is 5.32. The van der Waals surface area contributed by atoms with Crippen LogP contribution < -0.4 is 0 Å². The Hall–Kier alpha value is -0.100. The van der Waals surface area contributed by atoms with Gasteiger partial charge < -0.3 is 0 Å². The molecule has 0 aromatic heterocycles. The van der Waals surface area contributed by atoms with Gasteiger partial charge in [-0.3, -0.25) is 0 Å². The molecule has 0 aliphatic rings. The van der Waals surface area contributed by atoms with Gasteiger partial charge in [0.15, 0.2) is 0 Å². The van der Waals surface area contributed by atoms with Gasteiger partial charge in [-0.15, -0.1) is 11.6 Å². The molecule has 0 aliphatic heterocycles. The van der Waals surface area contributed by atoms with Gasteiger partial charge in [0.25, 0.3) is 0 Å². The first-order chi connectivity index (χ1) is 9.84. The average molecular weight is 397 g/mol. The molecule has 21 heavy (non-hydrogen) atoms. The third-order valence-electron chi connectivity index (χ3n) is 3.29. The van der Waals surface area contributed by atoms with E-state index in [1.165, 1.54) is 0 Å². The topological polar surface area (TPSA) is 37.4 Å². The quantitative estimate of drug-likeness (QED) is 0.468. The predicted molar refractivity (Wildman–Crippen MR) is 92.3 cm³/mol. The number of sulfonamides is 1. The fraction of sp³-hybridized carbons (Fsp3) is 0.600. The van der Waals surface area contributed by atoms with Crippen LogP contribution in [-0.2, 0) is 15.9 Å². The molecule has 0 unspecified atom stereocenters. The Labute approximate surface area is 141 Å². The minimum Gasteiger partial charge on any atom is -0.207 e. The van der Waals surface area contributed by atoms with E-state index in [1.54, 1.807) is 16.4 Å². The lowest BCUT2D eigenvalue weighted by atomic mass is 10.2. The molecule has 0 aliphatic carbocycles. The number of nitrogens with zero attached hydrogens (tertiary/aromatic N) is 1. The molecule has 6 heteroatoms. The zero-order valence-electron chi connectivity index (χ0n) is 12.8. The lowest BCUT2D eigenvalue weighted by molar-refractivity contribution is 0.345. The van der Waals surface area contributed by atoms with Crippen LogP contribution in [0.3, 0.4) is 0 Å². The maximum atomic E-state index is 12.9. The Morgan fingerprint density at radius 1 is 1.29 bits per heavy atom. The highest BCUT2D eigenvalue weighted by Gasteiger charge is 2.28. The molecule has 0 atom stereocenters. The van der Waals surface area contributed by atoms with Crippen molar-refractivity contribution >= 4 is 37.6 Å². The van der Waals surface area contributed by atoms with Gasteiger partial charge in [-0.1, -0.05) is 25.8 Å². The summed E-state index contributed by atoms with van der Waals surface area (Å²) in [5.41, 5.74) is 0.802. The molecule has 1 rings (SSSR count). The van der Waals surface area contributed by atoms with Crippen LogP contribution in [-0.4, -0.2) is 25.3 Å². The van der Waals surface area contributed by atoms with Crippen LogP contribution in [0.4, 0.5) is 0 Å². The van der Waals surface area contributed by atoms with E-state index in [0.29, 0.717) is 21.8 Å². The van der Waals surface area contributed by atoms with Crippen molar-refractivity contribution in [2.24, 2.45) is 0 Å². The summed E-state index contributed by atoms with van der Waals surface area (Å²) in [7, 11) is -3.52. The lowest BCUT2D eigenvalue weighted by Gasteiger charge is -2.26. The standard InChI is InChI=1S/C15H23BrClNO2S/c1-4-5-6-9-18(12(2)3)21(19,20)15-10-13(11-17)7-8-14(15)16/h7-8,10,12H,4-6,9,11H2,1-3H3. The van der Waals surface area contributed by atoms with Gasteiger partial charge >= 0.3 is 0 Å². The van der Waals surface area contributed by atoms with E-state index in [1.807, 2.05) is 19.9 Å². The predicted octanol–water partition coefficient (Wildman–Crippen LogP) is 4.78. The molecule has 0 bridgehead atoms. The van der Waals surface area contributed by atoms with Gasteiger partial charge in [-0.25, -0.2) is 8.42 Å². The summed E-state index contributed by atoms with van der Waals surface area (Å²) in [5.74, 6) is 0.299. The first kappa shape index (κ1) is 18.9. The van der Waals surface area contributed by atoms with Gasteiger partial charge in [0.2, 0.25) is 10.0 Å². The van der Waals surface area contributed by atoms with Crippen LogP contribution in [0.25, 0.3) is 0 Å². The first-order valence-electron chi connectivity index (χ1n) is 7.20. The Balaban J connectivity index is 3.16. The van der Waals surface area contributed by atoms with Gasteiger partial charge in [-0.2, -0.15) is 4.31 Å². The molecule has 1 aromatic carbocycles. The largest absolute Gasteiger partial charge is 0.244 e. The van der Waals surface area contributed by atoms with E-state index in [-0.39, 0.29) is 6.04 Å². The summed E-state index contributed by atoms with van der Waals surface area (Å²) in [6, 6.07) is 5.15. The van der Waals surface area contributed by atoms with Crippen LogP contribution in [0.1, 0.15) is 45.6 Å². The molecule has 120 valence electrons. The Bertz CT molecular complexity index is 561. The minimum atomic E-state index is -3.52. The van der Waals surface area contributed by atoms with Gasteiger partial charge in [0.05, 0.1) is 4.90 Å². The Morgan fingerprint density at radius 3 is 2.48 bits per heavy atom. The molecule has 0 spiro atoms. The summed E-state index contributed by atoms with van der Waals surface area (Å²) >= 11 is 9.17. The van der Waals surface area contributed by atoms with Crippen LogP contribution in [0.5, 0.6) is 0 Å². The summed E-state index contributed by atoms with van der Waals surface area (Å²) in [6.07, 6.45) is 2.97. The highest BCUT2D eigenvalue weighted by molar-refractivity contribution is 9.10. The first-order valence-corrected chi connectivity index (χ1v) is 9.97. The van der Waals surface area contributed by atoms with Crippen LogP contribution in [0.2, 0.25) is 0 Å². The zero-order valence-corrected chi connectivity index (χ0v) is 15.9. The van der Waals surface area contributed by atoms with Crippen molar-refractivity contribution < 1.29 is 8.42 Å². The molecule has 0 N–H and O–H groups in total. The van der Waals surface area contributed by atoms with Crippen molar-refractivity contribution in [2.75, 3.05) is 6.54 Å². The molecule has 0 fully saturated rings. The Morgan fingerprint density at radius 2 is 1.95 bits per heavy atom. The maximum Gasteiger partial charge on any atom is 0.244 e. The number of benzene rings is 1. The van der Waals surface area contributed by atoms with Gasteiger partial charge in [-0.05, 0) is 53.9 Å². The zero-order chi connectivity index (χ0) is 16.0. The molecule has 3 nitrogen and oxygen atoms in total. The van der Waals surface area contributed by atoms with E-state index in [9.17, 15) is 8.42 Å². The van der Waals surface area contributed by atoms with Crippen molar-refractivity contribution in [3.63, 3.8) is 0 Å². The number of halogens is 2. The van der Waals surface area contributed by atoms with Crippen LogP contribution >= 0.6 is 27.5 Å². The summed E-state index contributed by atoms with van der Waals surface area (Å²) < 4.78 is 28.0. The second-order valence-corrected chi connectivity index (χ2v) is 8.30. The monoisotopic (exact) mass is 395 g/mol. The summed E-state index contributed by atoms with van der Waals surface area (Å²) in [5, 5.41) is 0. The molecule has 0 amide bonds. The number of alkyl halides is 1. The smallest absolute Gasteiger partial charge is 0.207 e. The number of unbranched alkanes of at least 4 members (excludes halogenated alkanes) is 2. The van der Waals surface area contributed by atoms with E-state index >= 15 is 0 Å². The molecule has 0 heterocycles. The molecule has 0 radical (unpaired) electrons. The highest BCUT2D eigenvalue weighted by Crippen LogP contribution is 2.28. The fourth-order valence-corrected chi connectivity index (χ4v) is 4.95. The highest BCUT2D eigenvalue weighted by atomic mass is 79.9. The number of hydrogen-bond acceptors (Lipinski definition) is 2. The molecular formula is C15H23BrClNO2S. The number of rotatable bonds is 8. The third-order valence-corrected chi connectivity index (χ3v) is 6.67.